The molecule has 6 nitrogen and oxygen atoms in total. The Hall–Kier alpha value is -1.43. The van der Waals surface area contributed by atoms with Crippen molar-refractivity contribution in [3.05, 3.63) is 12.7 Å². The Morgan fingerprint density at radius 1 is 1.73 bits per heavy atom. The molecular formula is C9H15N5O. The molecule has 1 aromatic rings. The second-order valence-corrected chi connectivity index (χ2v) is 3.95. The van der Waals surface area contributed by atoms with Crippen molar-refractivity contribution >= 4 is 5.91 Å². The molecule has 1 fully saturated rings. The van der Waals surface area contributed by atoms with E-state index in [4.69, 9.17) is 5.73 Å². The lowest BCUT2D eigenvalue weighted by Gasteiger charge is -2.29. The third-order valence-electron chi connectivity index (χ3n) is 3.04. The number of likely N-dealkylation sites (N-methyl/N-ethyl adjacent to an activating group) is 1. The average molecular weight is 209 g/mol. The van der Waals surface area contributed by atoms with Gasteiger partial charge in [0.2, 0.25) is 5.91 Å². The van der Waals surface area contributed by atoms with Crippen LogP contribution < -0.4 is 11.1 Å². The van der Waals surface area contributed by atoms with Crippen LogP contribution in [0.3, 0.4) is 0 Å². The Morgan fingerprint density at radius 2 is 2.47 bits per heavy atom. The van der Waals surface area contributed by atoms with Gasteiger partial charge in [-0.25, -0.2) is 4.98 Å². The maximum Gasteiger partial charge on any atom is 0.239 e. The van der Waals surface area contributed by atoms with Gasteiger partial charge < -0.3 is 11.1 Å². The molecule has 1 atom stereocenters. The molecule has 0 aromatic carbocycles. The number of hydrogen-bond acceptors (Lipinski definition) is 4. The summed E-state index contributed by atoms with van der Waals surface area (Å²) < 4.78 is 1.64. The average Bonchev–Trinajstić information content (AvgIpc) is 2.94. The van der Waals surface area contributed by atoms with E-state index >= 15 is 0 Å². The van der Waals surface area contributed by atoms with Gasteiger partial charge in [-0.15, -0.1) is 0 Å². The molecule has 0 aliphatic heterocycles. The van der Waals surface area contributed by atoms with E-state index in [9.17, 15) is 4.79 Å². The molecular weight excluding hydrogens is 194 g/mol. The van der Waals surface area contributed by atoms with Crippen LogP contribution in [0.25, 0.3) is 0 Å². The standard InChI is InChI=1S/C9H15N5O/c1-11-9(8(10)15,7-2-3-7)4-14-6-12-5-13-14/h5-7,11H,2-4H2,1H3,(H2,10,15). The van der Waals surface area contributed by atoms with E-state index < -0.39 is 5.54 Å². The van der Waals surface area contributed by atoms with Gasteiger partial charge in [0.05, 0.1) is 6.54 Å². The van der Waals surface area contributed by atoms with Crippen LogP contribution in [0, 0.1) is 5.92 Å². The van der Waals surface area contributed by atoms with Gasteiger partial charge in [-0.05, 0) is 25.8 Å². The van der Waals surface area contributed by atoms with Crippen LogP contribution in [0.1, 0.15) is 12.8 Å². The SMILES string of the molecule is CNC(Cn1cncn1)(C(N)=O)C1CC1. The molecule has 0 saturated heterocycles. The number of primary amides is 1. The number of amides is 1. The Labute approximate surface area is 87.9 Å². The van der Waals surface area contributed by atoms with E-state index in [0.29, 0.717) is 12.5 Å². The van der Waals surface area contributed by atoms with Crippen LogP contribution in [-0.2, 0) is 11.3 Å². The van der Waals surface area contributed by atoms with Crippen LogP contribution in [0.4, 0.5) is 0 Å². The van der Waals surface area contributed by atoms with Gasteiger partial charge in [0.15, 0.2) is 0 Å². The summed E-state index contributed by atoms with van der Waals surface area (Å²) in [5, 5.41) is 7.05. The number of carbonyl (C=O) groups is 1. The monoisotopic (exact) mass is 209 g/mol. The fourth-order valence-electron chi connectivity index (χ4n) is 1.96. The third kappa shape index (κ3) is 1.72. The van der Waals surface area contributed by atoms with Gasteiger partial charge in [-0.1, -0.05) is 0 Å². The number of carbonyl (C=O) groups excluding carboxylic acids is 1. The van der Waals surface area contributed by atoms with E-state index in [1.165, 1.54) is 6.33 Å². The molecule has 1 amide bonds. The smallest absolute Gasteiger partial charge is 0.239 e. The molecule has 0 bridgehead atoms. The zero-order chi connectivity index (χ0) is 10.9. The normalized spacial score (nSPS) is 19.8. The largest absolute Gasteiger partial charge is 0.368 e. The van der Waals surface area contributed by atoms with Crippen molar-refractivity contribution in [1.82, 2.24) is 20.1 Å². The van der Waals surface area contributed by atoms with Crippen molar-refractivity contribution in [2.45, 2.75) is 24.9 Å². The van der Waals surface area contributed by atoms with Gasteiger partial charge in [-0.2, -0.15) is 5.10 Å². The first-order valence-electron chi connectivity index (χ1n) is 5.00. The quantitative estimate of drug-likeness (QED) is 0.660. The highest BCUT2D eigenvalue weighted by Crippen LogP contribution is 2.40. The summed E-state index contributed by atoms with van der Waals surface area (Å²) in [7, 11) is 1.76. The van der Waals surface area contributed by atoms with Crippen molar-refractivity contribution in [2.24, 2.45) is 11.7 Å². The number of nitrogens with one attached hydrogen (secondary N) is 1. The number of nitrogens with two attached hydrogens (primary N) is 1. The minimum absolute atomic E-state index is 0.317. The Morgan fingerprint density at radius 3 is 2.87 bits per heavy atom. The first kappa shape index (κ1) is 10.1. The third-order valence-corrected chi connectivity index (χ3v) is 3.04. The van der Waals surface area contributed by atoms with E-state index in [-0.39, 0.29) is 5.91 Å². The summed E-state index contributed by atoms with van der Waals surface area (Å²) in [6, 6.07) is 0. The van der Waals surface area contributed by atoms with E-state index in [1.807, 2.05) is 0 Å². The maximum absolute atomic E-state index is 11.6. The molecule has 1 unspecified atom stereocenters. The van der Waals surface area contributed by atoms with E-state index in [0.717, 1.165) is 12.8 Å². The van der Waals surface area contributed by atoms with Crippen molar-refractivity contribution in [3.63, 3.8) is 0 Å². The van der Waals surface area contributed by atoms with Crippen LogP contribution in [-0.4, -0.2) is 33.3 Å². The zero-order valence-electron chi connectivity index (χ0n) is 8.68. The van der Waals surface area contributed by atoms with Crippen LogP contribution in [0.15, 0.2) is 12.7 Å². The second-order valence-electron chi connectivity index (χ2n) is 3.95. The zero-order valence-corrected chi connectivity index (χ0v) is 8.68. The van der Waals surface area contributed by atoms with Crippen LogP contribution in [0.5, 0.6) is 0 Å². The fourth-order valence-corrected chi connectivity index (χ4v) is 1.96. The molecule has 1 aromatic heterocycles. The van der Waals surface area contributed by atoms with Crippen molar-refractivity contribution < 1.29 is 4.79 Å². The fraction of sp³-hybridized carbons (Fsp3) is 0.667. The van der Waals surface area contributed by atoms with Crippen molar-refractivity contribution in [2.75, 3.05) is 7.05 Å². The number of hydrogen-bond donors (Lipinski definition) is 2. The summed E-state index contributed by atoms with van der Waals surface area (Å²) in [6.45, 7) is 0.448. The lowest BCUT2D eigenvalue weighted by molar-refractivity contribution is -0.125. The molecule has 1 aliphatic rings. The molecule has 82 valence electrons. The van der Waals surface area contributed by atoms with E-state index in [2.05, 4.69) is 15.4 Å². The molecule has 1 saturated carbocycles. The molecule has 2 rings (SSSR count). The number of aromatic nitrogens is 3. The van der Waals surface area contributed by atoms with Crippen molar-refractivity contribution in [1.29, 1.82) is 0 Å². The summed E-state index contributed by atoms with van der Waals surface area (Å²) >= 11 is 0. The summed E-state index contributed by atoms with van der Waals surface area (Å²) in [5.74, 6) is 0.00667. The highest BCUT2D eigenvalue weighted by Gasteiger charge is 2.49. The Bertz CT molecular complexity index is 345. The molecule has 0 spiro atoms. The molecule has 1 aliphatic carbocycles. The lowest BCUT2D eigenvalue weighted by atomic mass is 9.92. The predicted octanol–water partition coefficient (Wildman–Crippen LogP) is -0.868. The van der Waals surface area contributed by atoms with Crippen LogP contribution in [0.2, 0.25) is 0 Å². The minimum Gasteiger partial charge on any atom is -0.368 e. The molecule has 1 heterocycles. The van der Waals surface area contributed by atoms with Gasteiger partial charge in [0.1, 0.15) is 18.2 Å². The summed E-state index contributed by atoms with van der Waals surface area (Å²) in [4.78, 5) is 15.4. The minimum atomic E-state index is -0.673. The first-order chi connectivity index (χ1) is 7.19. The molecule has 6 heteroatoms. The Kier molecular flexibility index (Phi) is 2.44. The van der Waals surface area contributed by atoms with Gasteiger partial charge >= 0.3 is 0 Å². The Balaban J connectivity index is 2.21. The maximum atomic E-state index is 11.6. The highest BCUT2D eigenvalue weighted by atomic mass is 16.1. The van der Waals surface area contributed by atoms with Gasteiger partial charge in [-0.3, -0.25) is 9.48 Å². The number of nitrogens with zero attached hydrogens (tertiary/aromatic N) is 3. The molecule has 3 N–H and O–H groups in total. The van der Waals surface area contributed by atoms with E-state index in [1.54, 1.807) is 18.1 Å². The second kappa shape index (κ2) is 3.62. The highest BCUT2D eigenvalue weighted by molar-refractivity contribution is 5.85. The molecule has 15 heavy (non-hydrogen) atoms. The first-order valence-corrected chi connectivity index (χ1v) is 5.00. The van der Waals surface area contributed by atoms with Gasteiger partial charge in [0, 0.05) is 0 Å². The van der Waals surface area contributed by atoms with Crippen LogP contribution >= 0.6 is 0 Å². The lowest BCUT2D eigenvalue weighted by Crippen LogP contribution is -2.58. The topological polar surface area (TPSA) is 85.8 Å². The summed E-state index contributed by atoms with van der Waals surface area (Å²) in [5.41, 5.74) is 4.80. The molecule has 0 radical (unpaired) electrons. The van der Waals surface area contributed by atoms with Gasteiger partial charge in [0.25, 0.3) is 0 Å². The number of rotatable bonds is 5. The van der Waals surface area contributed by atoms with Crippen molar-refractivity contribution in [3.8, 4) is 0 Å². The summed E-state index contributed by atoms with van der Waals surface area (Å²) in [6.07, 6.45) is 5.13. The predicted molar refractivity (Wildman–Crippen MR) is 53.7 cm³/mol.